The van der Waals surface area contributed by atoms with Gasteiger partial charge in [0.1, 0.15) is 5.82 Å². The molecule has 2 N–H and O–H groups in total. The van der Waals surface area contributed by atoms with Crippen LogP contribution in [-0.4, -0.2) is 34.1 Å². The van der Waals surface area contributed by atoms with Gasteiger partial charge in [-0.1, -0.05) is 30.7 Å². The van der Waals surface area contributed by atoms with Crippen molar-refractivity contribution >= 4 is 22.5 Å². The van der Waals surface area contributed by atoms with Gasteiger partial charge in [0.05, 0.1) is 5.52 Å². The van der Waals surface area contributed by atoms with Crippen molar-refractivity contribution in [2.24, 2.45) is 0 Å². The monoisotopic (exact) mass is 428 g/mol. The Labute approximate surface area is 186 Å². The highest BCUT2D eigenvalue weighted by Gasteiger charge is 2.16. The summed E-state index contributed by atoms with van der Waals surface area (Å²) in [6, 6.07) is 20.2. The molecule has 0 spiro atoms. The number of halogens is 1. The molecular weight excluding hydrogens is 403 g/mol. The maximum Gasteiger partial charge on any atom is 0.276 e. The number of carbonyl (C=O) groups is 1. The van der Waals surface area contributed by atoms with Gasteiger partial charge < -0.3 is 5.32 Å². The molecule has 1 aliphatic rings. The standard InChI is InChI=1S/C26H25FN4O/c27-21-14-18(17-31-11-5-2-6-12-31)13-20(15-21)19-9-10-24-23(16-19)25(30-29-24)26(32)28-22-7-3-1-4-8-22/h1,3-4,7-10,13-16H,2,5-6,11-12,17H2,(H,28,32)(H,29,30). The van der Waals surface area contributed by atoms with Crippen LogP contribution in [0.25, 0.3) is 22.0 Å². The van der Waals surface area contributed by atoms with E-state index in [9.17, 15) is 9.18 Å². The smallest absolute Gasteiger partial charge is 0.276 e. The predicted molar refractivity (Wildman–Crippen MR) is 125 cm³/mol. The second-order valence-electron chi connectivity index (χ2n) is 8.34. The number of aromatic nitrogens is 2. The fraction of sp³-hybridized carbons (Fsp3) is 0.231. The molecule has 0 aliphatic carbocycles. The number of fused-ring (bicyclic) bond motifs is 1. The van der Waals surface area contributed by atoms with Crippen molar-refractivity contribution in [3.63, 3.8) is 0 Å². The highest BCUT2D eigenvalue weighted by atomic mass is 19.1. The molecule has 3 aromatic carbocycles. The minimum Gasteiger partial charge on any atom is -0.321 e. The summed E-state index contributed by atoms with van der Waals surface area (Å²) in [5.41, 5.74) is 4.41. The Morgan fingerprint density at radius 1 is 0.969 bits per heavy atom. The zero-order chi connectivity index (χ0) is 21.9. The number of anilines is 1. The van der Waals surface area contributed by atoms with E-state index in [1.54, 1.807) is 12.1 Å². The average Bonchev–Trinajstić information content (AvgIpc) is 3.23. The first kappa shape index (κ1) is 20.4. The normalized spacial score (nSPS) is 14.5. The molecule has 162 valence electrons. The number of H-pyrrole nitrogens is 1. The molecule has 0 radical (unpaired) electrons. The zero-order valence-corrected chi connectivity index (χ0v) is 17.8. The molecule has 4 aromatic rings. The van der Waals surface area contributed by atoms with Crippen LogP contribution in [0.4, 0.5) is 10.1 Å². The molecule has 1 aliphatic heterocycles. The van der Waals surface area contributed by atoms with Crippen LogP contribution in [0.3, 0.4) is 0 Å². The first-order valence-corrected chi connectivity index (χ1v) is 11.0. The highest BCUT2D eigenvalue weighted by molar-refractivity contribution is 6.11. The second kappa shape index (κ2) is 8.93. The van der Waals surface area contributed by atoms with Crippen LogP contribution in [0.2, 0.25) is 0 Å². The lowest BCUT2D eigenvalue weighted by molar-refractivity contribution is 0.102. The van der Waals surface area contributed by atoms with Crippen molar-refractivity contribution in [3.8, 4) is 11.1 Å². The number of hydrogen-bond donors (Lipinski definition) is 2. The van der Waals surface area contributed by atoms with Crippen LogP contribution < -0.4 is 5.32 Å². The number of amides is 1. The molecule has 0 unspecified atom stereocenters. The first-order valence-electron chi connectivity index (χ1n) is 11.0. The summed E-state index contributed by atoms with van der Waals surface area (Å²) in [5, 5.41) is 10.7. The third kappa shape index (κ3) is 4.41. The third-order valence-corrected chi connectivity index (χ3v) is 5.96. The lowest BCUT2D eigenvalue weighted by atomic mass is 10.00. The molecule has 0 saturated carbocycles. The number of nitrogens with zero attached hydrogens (tertiary/aromatic N) is 2. The molecule has 32 heavy (non-hydrogen) atoms. The number of piperidine rings is 1. The van der Waals surface area contributed by atoms with Crippen LogP contribution in [0.15, 0.2) is 66.7 Å². The van der Waals surface area contributed by atoms with Gasteiger partial charge in [-0.15, -0.1) is 0 Å². The number of para-hydroxylation sites is 1. The van der Waals surface area contributed by atoms with Crippen molar-refractivity contribution in [2.45, 2.75) is 25.8 Å². The van der Waals surface area contributed by atoms with E-state index in [1.165, 1.54) is 19.3 Å². The van der Waals surface area contributed by atoms with Gasteiger partial charge in [-0.2, -0.15) is 5.10 Å². The second-order valence-corrected chi connectivity index (χ2v) is 8.34. The number of likely N-dealkylation sites (tertiary alicyclic amines) is 1. The van der Waals surface area contributed by atoms with Gasteiger partial charge in [0.15, 0.2) is 5.69 Å². The van der Waals surface area contributed by atoms with Crippen molar-refractivity contribution in [1.29, 1.82) is 0 Å². The summed E-state index contributed by atoms with van der Waals surface area (Å²) < 4.78 is 14.5. The summed E-state index contributed by atoms with van der Waals surface area (Å²) in [4.78, 5) is 15.2. The highest BCUT2D eigenvalue weighted by Crippen LogP contribution is 2.28. The minimum absolute atomic E-state index is 0.246. The van der Waals surface area contributed by atoms with E-state index >= 15 is 0 Å². The maximum absolute atomic E-state index is 14.5. The van der Waals surface area contributed by atoms with Crippen LogP contribution in [-0.2, 0) is 6.54 Å². The molecule has 1 aromatic heterocycles. The largest absolute Gasteiger partial charge is 0.321 e. The fourth-order valence-electron chi connectivity index (χ4n) is 4.36. The number of aromatic amines is 1. The summed E-state index contributed by atoms with van der Waals surface area (Å²) in [5.74, 6) is -0.534. The maximum atomic E-state index is 14.5. The number of benzene rings is 3. The molecule has 1 amide bonds. The van der Waals surface area contributed by atoms with Crippen LogP contribution in [0.5, 0.6) is 0 Å². The lowest BCUT2D eigenvalue weighted by Gasteiger charge is -2.26. The summed E-state index contributed by atoms with van der Waals surface area (Å²) >= 11 is 0. The van der Waals surface area contributed by atoms with Gasteiger partial charge in [-0.25, -0.2) is 4.39 Å². The average molecular weight is 429 g/mol. The van der Waals surface area contributed by atoms with Gasteiger partial charge >= 0.3 is 0 Å². The van der Waals surface area contributed by atoms with Crippen molar-refractivity contribution < 1.29 is 9.18 Å². The van der Waals surface area contributed by atoms with Gasteiger partial charge in [-0.05, 0) is 85.1 Å². The van der Waals surface area contributed by atoms with Gasteiger partial charge in [0.25, 0.3) is 5.91 Å². The first-order chi connectivity index (χ1) is 15.7. The van der Waals surface area contributed by atoms with Crippen molar-refractivity contribution in [2.75, 3.05) is 18.4 Å². The van der Waals surface area contributed by atoms with E-state index in [-0.39, 0.29) is 11.7 Å². The van der Waals surface area contributed by atoms with Crippen molar-refractivity contribution in [1.82, 2.24) is 15.1 Å². The van der Waals surface area contributed by atoms with Gasteiger partial charge in [0.2, 0.25) is 0 Å². The molecule has 1 saturated heterocycles. The third-order valence-electron chi connectivity index (χ3n) is 5.96. The molecule has 5 rings (SSSR count). The zero-order valence-electron chi connectivity index (χ0n) is 17.8. The molecule has 5 nitrogen and oxygen atoms in total. The quantitative estimate of drug-likeness (QED) is 0.435. The van der Waals surface area contributed by atoms with Crippen LogP contribution >= 0.6 is 0 Å². The Morgan fingerprint density at radius 3 is 2.59 bits per heavy atom. The summed E-state index contributed by atoms with van der Waals surface area (Å²) in [6.45, 7) is 2.88. The van der Waals surface area contributed by atoms with Gasteiger partial charge in [0, 0.05) is 17.6 Å². The number of hydrogen-bond acceptors (Lipinski definition) is 3. The SMILES string of the molecule is O=C(Nc1ccccc1)c1n[nH]c2ccc(-c3cc(F)cc(CN4CCCCC4)c3)cc12. The summed E-state index contributed by atoms with van der Waals surface area (Å²) in [6.07, 6.45) is 3.68. The Hall–Kier alpha value is -3.51. The Bertz CT molecular complexity index is 1250. The van der Waals surface area contributed by atoms with E-state index < -0.39 is 0 Å². The van der Waals surface area contributed by atoms with E-state index in [1.807, 2.05) is 54.6 Å². The minimum atomic E-state index is -0.287. The fourth-order valence-corrected chi connectivity index (χ4v) is 4.36. The molecule has 2 heterocycles. The number of rotatable bonds is 5. The summed E-state index contributed by atoms with van der Waals surface area (Å²) in [7, 11) is 0. The molecule has 0 bridgehead atoms. The van der Waals surface area contributed by atoms with Crippen LogP contribution in [0, 0.1) is 5.82 Å². The van der Waals surface area contributed by atoms with E-state index in [0.717, 1.165) is 41.8 Å². The number of nitrogens with one attached hydrogen (secondary N) is 2. The van der Waals surface area contributed by atoms with E-state index in [0.29, 0.717) is 16.8 Å². The number of carbonyl (C=O) groups excluding carboxylic acids is 1. The molecule has 6 heteroatoms. The van der Waals surface area contributed by atoms with Crippen LogP contribution in [0.1, 0.15) is 35.3 Å². The van der Waals surface area contributed by atoms with E-state index in [4.69, 9.17) is 0 Å². The predicted octanol–water partition coefficient (Wildman–Crippen LogP) is 5.61. The lowest BCUT2D eigenvalue weighted by Crippen LogP contribution is -2.29. The molecule has 1 fully saturated rings. The molecule has 0 atom stereocenters. The van der Waals surface area contributed by atoms with Crippen molar-refractivity contribution in [3.05, 3.63) is 83.8 Å². The Balaban J connectivity index is 1.44. The topological polar surface area (TPSA) is 61.0 Å². The van der Waals surface area contributed by atoms with Gasteiger partial charge in [-0.3, -0.25) is 14.8 Å². The molecular formula is C26H25FN4O. The van der Waals surface area contributed by atoms with E-state index in [2.05, 4.69) is 20.4 Å². The Morgan fingerprint density at radius 2 is 1.78 bits per heavy atom. The Kier molecular flexibility index (Phi) is 5.69.